The molecule has 0 bridgehead atoms. The lowest BCUT2D eigenvalue weighted by molar-refractivity contribution is 0.0196. The number of alkyl halides is 1. The van der Waals surface area contributed by atoms with Crippen LogP contribution >= 0.6 is 31.9 Å². The molecule has 3 nitrogen and oxygen atoms in total. The summed E-state index contributed by atoms with van der Waals surface area (Å²) < 4.78 is 17.6. The maximum absolute atomic E-state index is 5.90. The Labute approximate surface area is 130 Å². The van der Waals surface area contributed by atoms with E-state index >= 15 is 0 Å². The maximum atomic E-state index is 5.90. The predicted octanol–water partition coefficient (Wildman–Crippen LogP) is 4.47. The summed E-state index contributed by atoms with van der Waals surface area (Å²) in [6.45, 7) is 2.96. The average molecular weight is 394 g/mol. The van der Waals surface area contributed by atoms with E-state index in [0.717, 1.165) is 41.0 Å². The zero-order chi connectivity index (χ0) is 14.0. The summed E-state index contributed by atoms with van der Waals surface area (Å²) in [5.74, 6) is 1.45. The van der Waals surface area contributed by atoms with E-state index in [2.05, 4.69) is 38.8 Å². The molecule has 0 amide bonds. The number of rotatable bonds is 4. The molecule has 0 radical (unpaired) electrons. The van der Waals surface area contributed by atoms with Crippen LogP contribution in [0.3, 0.4) is 0 Å². The first-order chi connectivity index (χ1) is 9.01. The van der Waals surface area contributed by atoms with Gasteiger partial charge in [0, 0.05) is 11.1 Å². The van der Waals surface area contributed by atoms with Crippen molar-refractivity contribution in [1.82, 2.24) is 0 Å². The highest BCUT2D eigenvalue weighted by atomic mass is 79.9. The Morgan fingerprint density at radius 1 is 1.26 bits per heavy atom. The second kappa shape index (κ2) is 6.02. The van der Waals surface area contributed by atoms with Crippen molar-refractivity contribution in [3.8, 4) is 11.5 Å². The number of halogens is 2. The van der Waals surface area contributed by atoms with Gasteiger partial charge in [0.1, 0.15) is 0 Å². The zero-order valence-electron chi connectivity index (χ0n) is 11.3. The SMILES string of the molecule is COc1cc(Br)c(C(Br)C2(C)CCCO2)cc1OC. The van der Waals surface area contributed by atoms with E-state index in [0.29, 0.717) is 0 Å². The van der Waals surface area contributed by atoms with Crippen LogP contribution in [0.25, 0.3) is 0 Å². The van der Waals surface area contributed by atoms with E-state index in [1.54, 1.807) is 14.2 Å². The maximum Gasteiger partial charge on any atom is 0.161 e. The van der Waals surface area contributed by atoms with Crippen LogP contribution in [0.4, 0.5) is 0 Å². The lowest BCUT2D eigenvalue weighted by Gasteiger charge is -2.30. The van der Waals surface area contributed by atoms with Gasteiger partial charge in [-0.05, 0) is 37.5 Å². The molecule has 1 fully saturated rings. The topological polar surface area (TPSA) is 27.7 Å². The molecule has 5 heteroatoms. The summed E-state index contributed by atoms with van der Waals surface area (Å²) in [6, 6.07) is 3.93. The summed E-state index contributed by atoms with van der Waals surface area (Å²) in [4.78, 5) is 0.108. The van der Waals surface area contributed by atoms with Gasteiger partial charge in [-0.2, -0.15) is 0 Å². The first kappa shape index (κ1) is 15.1. The van der Waals surface area contributed by atoms with Crippen molar-refractivity contribution in [3.05, 3.63) is 22.2 Å². The van der Waals surface area contributed by atoms with Gasteiger partial charge in [0.05, 0.1) is 24.6 Å². The fourth-order valence-corrected chi connectivity index (χ4v) is 3.99. The zero-order valence-corrected chi connectivity index (χ0v) is 14.5. The third-order valence-corrected chi connectivity index (χ3v) is 5.71. The van der Waals surface area contributed by atoms with E-state index in [1.165, 1.54) is 0 Å². The van der Waals surface area contributed by atoms with Crippen molar-refractivity contribution in [2.24, 2.45) is 0 Å². The molecule has 0 spiro atoms. The first-order valence-corrected chi connectivity index (χ1v) is 7.92. The molecule has 2 atom stereocenters. The van der Waals surface area contributed by atoms with E-state index in [4.69, 9.17) is 14.2 Å². The van der Waals surface area contributed by atoms with Gasteiger partial charge in [-0.15, -0.1) is 0 Å². The Morgan fingerprint density at radius 3 is 2.42 bits per heavy atom. The monoisotopic (exact) mass is 392 g/mol. The minimum atomic E-state index is -0.178. The van der Waals surface area contributed by atoms with Crippen LogP contribution in [-0.4, -0.2) is 26.4 Å². The van der Waals surface area contributed by atoms with Crippen LogP contribution in [-0.2, 0) is 4.74 Å². The number of ether oxygens (including phenoxy) is 3. The Hall–Kier alpha value is -0.260. The molecular formula is C14H18Br2O3. The number of benzene rings is 1. The van der Waals surface area contributed by atoms with Gasteiger partial charge in [0.15, 0.2) is 11.5 Å². The number of hydrogen-bond donors (Lipinski definition) is 0. The normalized spacial score (nSPS) is 24.3. The third-order valence-electron chi connectivity index (χ3n) is 3.56. The quantitative estimate of drug-likeness (QED) is 0.706. The molecule has 1 saturated heterocycles. The van der Waals surface area contributed by atoms with Gasteiger partial charge >= 0.3 is 0 Å². The van der Waals surface area contributed by atoms with Gasteiger partial charge in [-0.25, -0.2) is 0 Å². The molecule has 2 rings (SSSR count). The highest BCUT2D eigenvalue weighted by Gasteiger charge is 2.39. The van der Waals surface area contributed by atoms with E-state index in [-0.39, 0.29) is 10.4 Å². The molecule has 1 aromatic rings. The third kappa shape index (κ3) is 2.93. The Kier molecular flexibility index (Phi) is 4.79. The molecule has 1 heterocycles. The summed E-state index contributed by atoms with van der Waals surface area (Å²) in [5.41, 5.74) is 0.935. The predicted molar refractivity (Wildman–Crippen MR) is 82.5 cm³/mol. The molecular weight excluding hydrogens is 376 g/mol. The van der Waals surface area contributed by atoms with Crippen molar-refractivity contribution in [2.75, 3.05) is 20.8 Å². The molecule has 0 N–H and O–H groups in total. The minimum Gasteiger partial charge on any atom is -0.493 e. The van der Waals surface area contributed by atoms with Gasteiger partial charge < -0.3 is 14.2 Å². The van der Waals surface area contributed by atoms with Crippen molar-refractivity contribution < 1.29 is 14.2 Å². The highest BCUT2D eigenvalue weighted by Crippen LogP contribution is 2.47. The molecule has 0 saturated carbocycles. The summed E-state index contributed by atoms with van der Waals surface area (Å²) >= 11 is 7.38. The van der Waals surface area contributed by atoms with Crippen molar-refractivity contribution in [1.29, 1.82) is 0 Å². The van der Waals surface area contributed by atoms with Gasteiger partial charge in [-0.3, -0.25) is 0 Å². The van der Waals surface area contributed by atoms with E-state index in [9.17, 15) is 0 Å². The highest BCUT2D eigenvalue weighted by molar-refractivity contribution is 9.11. The minimum absolute atomic E-state index is 0.108. The molecule has 19 heavy (non-hydrogen) atoms. The summed E-state index contributed by atoms with van der Waals surface area (Å²) in [5, 5.41) is 0. The summed E-state index contributed by atoms with van der Waals surface area (Å²) in [6.07, 6.45) is 2.15. The van der Waals surface area contributed by atoms with Crippen LogP contribution in [0.15, 0.2) is 16.6 Å². The molecule has 2 unspecified atom stereocenters. The van der Waals surface area contributed by atoms with Crippen LogP contribution in [0.1, 0.15) is 30.2 Å². The van der Waals surface area contributed by atoms with Gasteiger partial charge in [0.2, 0.25) is 0 Å². The average Bonchev–Trinajstić information content (AvgIpc) is 2.85. The molecule has 0 aromatic heterocycles. The largest absolute Gasteiger partial charge is 0.493 e. The lowest BCUT2D eigenvalue weighted by Crippen LogP contribution is -2.28. The Balaban J connectivity index is 2.38. The summed E-state index contributed by atoms with van der Waals surface area (Å²) in [7, 11) is 3.28. The molecule has 1 aromatic carbocycles. The van der Waals surface area contributed by atoms with Crippen LogP contribution in [0.2, 0.25) is 0 Å². The number of hydrogen-bond acceptors (Lipinski definition) is 3. The van der Waals surface area contributed by atoms with E-state index in [1.807, 2.05) is 12.1 Å². The second-order valence-electron chi connectivity index (χ2n) is 4.86. The Bertz CT molecular complexity index is 456. The van der Waals surface area contributed by atoms with Crippen molar-refractivity contribution in [2.45, 2.75) is 30.2 Å². The van der Waals surface area contributed by atoms with Gasteiger partial charge in [-0.1, -0.05) is 31.9 Å². The van der Waals surface area contributed by atoms with Crippen LogP contribution < -0.4 is 9.47 Å². The standard InChI is InChI=1S/C14H18Br2O3/c1-14(5-4-6-19-14)13(16)9-7-11(17-2)12(18-3)8-10(9)15/h7-8,13H,4-6H2,1-3H3. The number of methoxy groups -OCH3 is 2. The van der Waals surface area contributed by atoms with Crippen molar-refractivity contribution >= 4 is 31.9 Å². The molecule has 106 valence electrons. The second-order valence-corrected chi connectivity index (χ2v) is 6.63. The fourth-order valence-electron chi connectivity index (χ4n) is 2.39. The fraction of sp³-hybridized carbons (Fsp3) is 0.571. The lowest BCUT2D eigenvalue weighted by atomic mass is 9.93. The van der Waals surface area contributed by atoms with Crippen molar-refractivity contribution in [3.63, 3.8) is 0 Å². The first-order valence-electron chi connectivity index (χ1n) is 6.21. The van der Waals surface area contributed by atoms with Crippen LogP contribution in [0, 0.1) is 0 Å². The van der Waals surface area contributed by atoms with Gasteiger partial charge in [0.25, 0.3) is 0 Å². The van der Waals surface area contributed by atoms with Crippen LogP contribution in [0.5, 0.6) is 11.5 Å². The smallest absolute Gasteiger partial charge is 0.161 e. The molecule has 1 aliphatic heterocycles. The molecule has 0 aliphatic carbocycles. The Morgan fingerprint density at radius 2 is 1.89 bits per heavy atom. The van der Waals surface area contributed by atoms with E-state index < -0.39 is 0 Å². The molecule has 1 aliphatic rings.